The second kappa shape index (κ2) is 7.69. The van der Waals surface area contributed by atoms with E-state index in [-0.39, 0.29) is 23.3 Å². The van der Waals surface area contributed by atoms with Crippen molar-refractivity contribution in [3.05, 3.63) is 42.6 Å². The van der Waals surface area contributed by atoms with Crippen LogP contribution in [-0.4, -0.2) is 44.5 Å². The third-order valence-electron chi connectivity index (χ3n) is 5.75. The average molecular weight is 430 g/mol. The molecule has 158 valence electrons. The number of benzene rings is 1. The van der Waals surface area contributed by atoms with Crippen molar-refractivity contribution in [3.8, 4) is 17.0 Å². The van der Waals surface area contributed by atoms with Gasteiger partial charge in [0.2, 0.25) is 15.9 Å². The first kappa shape index (κ1) is 20.3. The van der Waals surface area contributed by atoms with E-state index < -0.39 is 21.6 Å². The zero-order valence-electron chi connectivity index (χ0n) is 16.3. The molecule has 0 bridgehead atoms. The van der Waals surface area contributed by atoms with Crippen LogP contribution in [-0.2, 0) is 14.8 Å². The number of rotatable bonds is 6. The zero-order chi connectivity index (χ0) is 21.4. The van der Waals surface area contributed by atoms with E-state index in [1.165, 1.54) is 19.2 Å². The van der Waals surface area contributed by atoms with E-state index in [1.807, 2.05) is 6.07 Å². The maximum atomic E-state index is 12.7. The molecular formula is C20H22N4O5S. The van der Waals surface area contributed by atoms with Gasteiger partial charge in [-0.25, -0.2) is 22.9 Å². The predicted octanol–water partition coefficient (Wildman–Crippen LogP) is 1.41. The smallest absolute Gasteiger partial charge is 0.322 e. The highest BCUT2D eigenvalue weighted by Gasteiger charge is 2.54. The average Bonchev–Trinajstić information content (AvgIpc) is 3.28. The van der Waals surface area contributed by atoms with Gasteiger partial charge in [-0.1, -0.05) is 18.6 Å². The lowest BCUT2D eigenvalue weighted by molar-refractivity contribution is -0.125. The molecule has 0 radical (unpaired) electrons. The van der Waals surface area contributed by atoms with Crippen molar-refractivity contribution in [1.29, 1.82) is 0 Å². The van der Waals surface area contributed by atoms with E-state index in [4.69, 9.17) is 4.74 Å². The lowest BCUT2D eigenvalue weighted by Crippen LogP contribution is -2.53. The molecule has 1 aromatic carbocycles. The molecular weight excluding hydrogens is 408 g/mol. The number of nitrogens with zero attached hydrogens (tertiary/aromatic N) is 1. The quantitative estimate of drug-likeness (QED) is 0.595. The third-order valence-corrected chi connectivity index (χ3v) is 7.19. The standard InChI is InChI=1S/C20H22N4O5S/c1-29-17-9-6-14(11-21-17)13-4-7-16(8-5-13)30(27,28)22-12-15-3-2-10-20(15)18(25)23-19(26)24-20/h4-9,11,15,22H,2-3,10,12H2,1H3,(H2,23,24,25,26). The van der Waals surface area contributed by atoms with Crippen LogP contribution in [0.3, 0.4) is 0 Å². The number of hydrogen-bond acceptors (Lipinski definition) is 6. The van der Waals surface area contributed by atoms with Crippen LogP contribution in [0.15, 0.2) is 47.5 Å². The van der Waals surface area contributed by atoms with Crippen LogP contribution in [0, 0.1) is 5.92 Å². The molecule has 2 aliphatic rings. The normalized spacial score (nSPS) is 23.4. The topological polar surface area (TPSA) is 126 Å². The molecule has 30 heavy (non-hydrogen) atoms. The van der Waals surface area contributed by atoms with Gasteiger partial charge in [-0.2, -0.15) is 0 Å². The number of methoxy groups -OCH3 is 1. The summed E-state index contributed by atoms with van der Waals surface area (Å²) in [5, 5.41) is 4.95. The van der Waals surface area contributed by atoms with Crippen LogP contribution >= 0.6 is 0 Å². The largest absolute Gasteiger partial charge is 0.481 e. The van der Waals surface area contributed by atoms with Crippen LogP contribution in [0.25, 0.3) is 11.1 Å². The van der Waals surface area contributed by atoms with Crippen LogP contribution in [0.4, 0.5) is 4.79 Å². The van der Waals surface area contributed by atoms with Gasteiger partial charge < -0.3 is 10.1 Å². The molecule has 10 heteroatoms. The Morgan fingerprint density at radius 3 is 2.50 bits per heavy atom. The van der Waals surface area contributed by atoms with E-state index in [1.54, 1.807) is 24.4 Å². The van der Waals surface area contributed by atoms with E-state index in [0.29, 0.717) is 18.7 Å². The second-order valence-electron chi connectivity index (χ2n) is 7.43. The molecule has 1 saturated carbocycles. The Bertz CT molecular complexity index is 1070. The van der Waals surface area contributed by atoms with Crippen molar-refractivity contribution < 1.29 is 22.7 Å². The number of pyridine rings is 1. The fourth-order valence-electron chi connectivity index (χ4n) is 4.11. The first-order valence-corrected chi connectivity index (χ1v) is 11.1. The Hall–Kier alpha value is -2.98. The number of carbonyl (C=O) groups is 2. The minimum atomic E-state index is -3.76. The van der Waals surface area contributed by atoms with Gasteiger partial charge in [0, 0.05) is 30.3 Å². The molecule has 2 heterocycles. The number of carbonyl (C=O) groups excluding carboxylic acids is 2. The molecule has 1 spiro atoms. The predicted molar refractivity (Wildman–Crippen MR) is 108 cm³/mol. The minimum Gasteiger partial charge on any atom is -0.481 e. The minimum absolute atomic E-state index is 0.0696. The zero-order valence-corrected chi connectivity index (χ0v) is 17.2. The van der Waals surface area contributed by atoms with E-state index in [0.717, 1.165) is 17.5 Å². The summed E-state index contributed by atoms with van der Waals surface area (Å²) >= 11 is 0. The maximum Gasteiger partial charge on any atom is 0.322 e. The van der Waals surface area contributed by atoms with Crippen molar-refractivity contribution >= 4 is 22.0 Å². The SMILES string of the molecule is COc1ccc(-c2ccc(S(=O)(=O)NCC3CCCC34NC(=O)NC4=O)cc2)cn1. The lowest BCUT2D eigenvalue weighted by atomic mass is 9.87. The maximum absolute atomic E-state index is 12.7. The van der Waals surface area contributed by atoms with Gasteiger partial charge in [0.25, 0.3) is 5.91 Å². The molecule has 3 amide bonds. The Kier molecular flexibility index (Phi) is 5.20. The Balaban J connectivity index is 1.46. The van der Waals surface area contributed by atoms with E-state index in [2.05, 4.69) is 20.3 Å². The number of sulfonamides is 1. The monoisotopic (exact) mass is 430 g/mol. The molecule has 4 rings (SSSR count). The van der Waals surface area contributed by atoms with Gasteiger partial charge in [-0.15, -0.1) is 0 Å². The number of urea groups is 1. The summed E-state index contributed by atoms with van der Waals surface area (Å²) in [5.74, 6) is -0.186. The lowest BCUT2D eigenvalue weighted by Gasteiger charge is -2.28. The molecule has 2 aromatic rings. The number of nitrogens with one attached hydrogen (secondary N) is 3. The van der Waals surface area contributed by atoms with Crippen molar-refractivity contribution in [2.24, 2.45) is 5.92 Å². The highest BCUT2D eigenvalue weighted by atomic mass is 32.2. The molecule has 2 atom stereocenters. The Morgan fingerprint density at radius 1 is 1.17 bits per heavy atom. The number of ether oxygens (including phenoxy) is 1. The summed E-state index contributed by atoms with van der Waals surface area (Å²) in [6.07, 6.45) is 3.55. The van der Waals surface area contributed by atoms with Gasteiger partial charge in [0.05, 0.1) is 12.0 Å². The number of hydrogen-bond donors (Lipinski definition) is 3. The number of aromatic nitrogens is 1. The van der Waals surface area contributed by atoms with E-state index in [9.17, 15) is 18.0 Å². The molecule has 2 fully saturated rings. The highest BCUT2D eigenvalue weighted by Crippen LogP contribution is 2.37. The first-order chi connectivity index (χ1) is 14.3. The van der Waals surface area contributed by atoms with Crippen molar-refractivity contribution in [2.45, 2.75) is 29.7 Å². The summed E-state index contributed by atoms with van der Waals surface area (Å²) in [7, 11) is -2.23. The second-order valence-corrected chi connectivity index (χ2v) is 9.20. The van der Waals surface area contributed by atoms with Crippen molar-refractivity contribution in [2.75, 3.05) is 13.7 Å². The fourth-order valence-corrected chi connectivity index (χ4v) is 5.20. The summed E-state index contributed by atoms with van der Waals surface area (Å²) in [4.78, 5) is 28.1. The molecule has 9 nitrogen and oxygen atoms in total. The third kappa shape index (κ3) is 3.63. The van der Waals surface area contributed by atoms with Crippen LogP contribution in [0.5, 0.6) is 5.88 Å². The van der Waals surface area contributed by atoms with Gasteiger partial charge >= 0.3 is 6.03 Å². The van der Waals surface area contributed by atoms with Gasteiger partial charge in [0.1, 0.15) is 5.54 Å². The molecule has 1 aliphatic heterocycles. The molecule has 1 saturated heterocycles. The van der Waals surface area contributed by atoms with Crippen molar-refractivity contribution in [3.63, 3.8) is 0 Å². The molecule has 3 N–H and O–H groups in total. The number of amides is 3. The van der Waals surface area contributed by atoms with Crippen molar-refractivity contribution in [1.82, 2.24) is 20.3 Å². The van der Waals surface area contributed by atoms with Crippen LogP contribution < -0.4 is 20.1 Å². The highest BCUT2D eigenvalue weighted by molar-refractivity contribution is 7.89. The summed E-state index contributed by atoms with van der Waals surface area (Å²) in [6.45, 7) is 0.0696. The fraction of sp³-hybridized carbons (Fsp3) is 0.350. The van der Waals surface area contributed by atoms with Gasteiger partial charge in [-0.05, 0) is 36.6 Å². The summed E-state index contributed by atoms with van der Waals surface area (Å²) in [6, 6.07) is 9.51. The van der Waals surface area contributed by atoms with Gasteiger partial charge in [0.15, 0.2) is 0 Å². The van der Waals surface area contributed by atoms with Crippen LogP contribution in [0.1, 0.15) is 19.3 Å². The number of imide groups is 1. The Morgan fingerprint density at radius 2 is 1.90 bits per heavy atom. The Labute approximate surface area is 174 Å². The first-order valence-electron chi connectivity index (χ1n) is 9.58. The summed E-state index contributed by atoms with van der Waals surface area (Å²) in [5.41, 5.74) is 0.637. The van der Waals surface area contributed by atoms with Gasteiger partial charge in [-0.3, -0.25) is 10.1 Å². The molecule has 1 aliphatic carbocycles. The molecule has 2 unspecified atom stereocenters. The molecule has 1 aromatic heterocycles. The van der Waals surface area contributed by atoms with Crippen LogP contribution in [0.2, 0.25) is 0 Å². The summed E-state index contributed by atoms with van der Waals surface area (Å²) < 4.78 is 33.1. The van der Waals surface area contributed by atoms with E-state index >= 15 is 0 Å².